The van der Waals surface area contributed by atoms with Crippen molar-refractivity contribution < 1.29 is 18.7 Å². The van der Waals surface area contributed by atoms with Gasteiger partial charge in [0.25, 0.3) is 5.91 Å². The number of ether oxygens (including phenoxy) is 1. The Hall–Kier alpha value is -2.89. The highest BCUT2D eigenvalue weighted by atomic mass is 19.1. The monoisotopic (exact) mass is 342 g/mol. The van der Waals surface area contributed by atoms with Crippen LogP contribution in [0, 0.1) is 12.7 Å². The fourth-order valence-corrected chi connectivity index (χ4v) is 2.84. The molecule has 5 nitrogen and oxygen atoms in total. The minimum atomic E-state index is -0.616. The lowest BCUT2D eigenvalue weighted by atomic mass is 10.1. The fraction of sp³-hybridized carbons (Fsp3) is 0.263. The van der Waals surface area contributed by atoms with Crippen LogP contribution in [0.15, 0.2) is 42.5 Å². The Morgan fingerprint density at radius 1 is 1.24 bits per heavy atom. The zero-order valence-electron chi connectivity index (χ0n) is 14.1. The second kappa shape index (κ2) is 6.93. The summed E-state index contributed by atoms with van der Waals surface area (Å²) in [6, 6.07) is 11.0. The SMILES string of the molecule is COc1ccc(C(=O)N[C@H]2CCN(c3ccc(C)cc3)C2=O)cc1F. The Morgan fingerprint density at radius 2 is 1.96 bits per heavy atom. The summed E-state index contributed by atoms with van der Waals surface area (Å²) in [5.74, 6) is -1.19. The lowest BCUT2D eigenvalue weighted by molar-refractivity contribution is -0.118. The van der Waals surface area contributed by atoms with Crippen molar-refractivity contribution in [2.45, 2.75) is 19.4 Å². The van der Waals surface area contributed by atoms with E-state index in [1.807, 2.05) is 31.2 Å². The minimum Gasteiger partial charge on any atom is -0.494 e. The Balaban J connectivity index is 1.69. The lowest BCUT2D eigenvalue weighted by Gasteiger charge is -2.17. The van der Waals surface area contributed by atoms with Gasteiger partial charge in [-0.2, -0.15) is 0 Å². The second-order valence-corrected chi connectivity index (χ2v) is 5.99. The normalized spacial score (nSPS) is 16.8. The van der Waals surface area contributed by atoms with Crippen LogP contribution in [0.4, 0.5) is 10.1 Å². The van der Waals surface area contributed by atoms with E-state index in [1.54, 1.807) is 4.90 Å². The van der Waals surface area contributed by atoms with Crippen LogP contribution in [-0.2, 0) is 4.79 Å². The molecule has 1 aliphatic rings. The molecule has 1 N–H and O–H groups in total. The van der Waals surface area contributed by atoms with Gasteiger partial charge in [0.15, 0.2) is 11.6 Å². The van der Waals surface area contributed by atoms with Crippen LogP contribution < -0.4 is 15.0 Å². The van der Waals surface area contributed by atoms with E-state index in [9.17, 15) is 14.0 Å². The highest BCUT2D eigenvalue weighted by Gasteiger charge is 2.33. The highest BCUT2D eigenvalue weighted by Crippen LogP contribution is 2.23. The summed E-state index contributed by atoms with van der Waals surface area (Å²) >= 11 is 0. The first-order chi connectivity index (χ1) is 12.0. The number of carbonyl (C=O) groups is 2. The number of anilines is 1. The number of nitrogens with zero attached hydrogens (tertiary/aromatic N) is 1. The van der Waals surface area contributed by atoms with E-state index in [1.165, 1.54) is 19.2 Å². The van der Waals surface area contributed by atoms with Gasteiger partial charge in [-0.05, 0) is 43.7 Å². The molecule has 0 saturated carbocycles. The van der Waals surface area contributed by atoms with Crippen LogP contribution in [-0.4, -0.2) is 31.5 Å². The molecule has 3 rings (SSSR count). The van der Waals surface area contributed by atoms with E-state index in [2.05, 4.69) is 5.32 Å². The first-order valence-electron chi connectivity index (χ1n) is 8.02. The quantitative estimate of drug-likeness (QED) is 0.929. The number of hydrogen-bond donors (Lipinski definition) is 1. The third-order valence-electron chi connectivity index (χ3n) is 4.27. The van der Waals surface area contributed by atoms with Gasteiger partial charge in [-0.3, -0.25) is 9.59 Å². The highest BCUT2D eigenvalue weighted by molar-refractivity contribution is 6.03. The summed E-state index contributed by atoms with van der Waals surface area (Å²) in [6.07, 6.45) is 0.511. The van der Waals surface area contributed by atoms with Crippen molar-refractivity contribution >= 4 is 17.5 Å². The average molecular weight is 342 g/mol. The van der Waals surface area contributed by atoms with Crippen LogP contribution in [0.25, 0.3) is 0 Å². The zero-order valence-corrected chi connectivity index (χ0v) is 14.1. The molecule has 0 aliphatic carbocycles. The summed E-state index contributed by atoms with van der Waals surface area (Å²) in [7, 11) is 1.36. The molecule has 0 radical (unpaired) electrons. The summed E-state index contributed by atoms with van der Waals surface area (Å²) in [5, 5.41) is 2.68. The Labute approximate surface area is 145 Å². The van der Waals surface area contributed by atoms with Crippen molar-refractivity contribution in [2.24, 2.45) is 0 Å². The molecule has 0 spiro atoms. The number of aryl methyl sites for hydroxylation is 1. The predicted octanol–water partition coefficient (Wildman–Crippen LogP) is 2.68. The number of halogens is 1. The molecule has 130 valence electrons. The number of rotatable bonds is 4. The van der Waals surface area contributed by atoms with Gasteiger partial charge in [-0.15, -0.1) is 0 Å². The van der Waals surface area contributed by atoms with Gasteiger partial charge >= 0.3 is 0 Å². The molecule has 1 fully saturated rings. The Morgan fingerprint density at radius 3 is 2.60 bits per heavy atom. The standard InChI is InChI=1S/C19H19FN2O3/c1-12-3-6-14(7-4-12)22-10-9-16(19(22)24)21-18(23)13-5-8-17(25-2)15(20)11-13/h3-8,11,16H,9-10H2,1-2H3,(H,21,23)/t16-/m0/s1. The van der Waals surface area contributed by atoms with Crippen molar-refractivity contribution in [3.63, 3.8) is 0 Å². The van der Waals surface area contributed by atoms with E-state index in [-0.39, 0.29) is 17.2 Å². The molecule has 6 heteroatoms. The third-order valence-corrected chi connectivity index (χ3v) is 4.27. The molecular weight excluding hydrogens is 323 g/mol. The molecule has 25 heavy (non-hydrogen) atoms. The van der Waals surface area contributed by atoms with Crippen LogP contribution >= 0.6 is 0 Å². The largest absolute Gasteiger partial charge is 0.494 e. The number of methoxy groups -OCH3 is 1. The van der Waals surface area contributed by atoms with Gasteiger partial charge in [0.2, 0.25) is 5.91 Å². The van der Waals surface area contributed by atoms with Gasteiger partial charge in [0.05, 0.1) is 7.11 Å². The van der Waals surface area contributed by atoms with Crippen molar-refractivity contribution in [1.82, 2.24) is 5.32 Å². The van der Waals surface area contributed by atoms with Gasteiger partial charge in [-0.25, -0.2) is 4.39 Å². The number of nitrogens with one attached hydrogen (secondary N) is 1. The topological polar surface area (TPSA) is 58.6 Å². The second-order valence-electron chi connectivity index (χ2n) is 5.99. The van der Waals surface area contributed by atoms with Gasteiger partial charge in [0, 0.05) is 17.8 Å². The third kappa shape index (κ3) is 3.47. The maximum Gasteiger partial charge on any atom is 0.252 e. The molecule has 1 aliphatic heterocycles. The zero-order chi connectivity index (χ0) is 18.0. The van der Waals surface area contributed by atoms with Crippen molar-refractivity contribution in [2.75, 3.05) is 18.6 Å². The molecule has 1 heterocycles. The number of carbonyl (C=O) groups excluding carboxylic acids is 2. The van der Waals surface area contributed by atoms with Crippen molar-refractivity contribution in [3.05, 3.63) is 59.4 Å². The number of amides is 2. The molecule has 0 aromatic heterocycles. The molecular formula is C19H19FN2O3. The smallest absolute Gasteiger partial charge is 0.252 e. The number of hydrogen-bond acceptors (Lipinski definition) is 3. The molecule has 0 bridgehead atoms. The first-order valence-corrected chi connectivity index (χ1v) is 8.02. The van der Waals surface area contributed by atoms with Gasteiger partial charge in [-0.1, -0.05) is 17.7 Å². The fourth-order valence-electron chi connectivity index (χ4n) is 2.84. The van der Waals surface area contributed by atoms with Crippen molar-refractivity contribution in [1.29, 1.82) is 0 Å². The van der Waals surface area contributed by atoms with E-state index in [0.717, 1.165) is 17.3 Å². The summed E-state index contributed by atoms with van der Waals surface area (Å²) < 4.78 is 18.6. The minimum absolute atomic E-state index is 0.0686. The van der Waals surface area contributed by atoms with E-state index < -0.39 is 17.8 Å². The summed E-state index contributed by atoms with van der Waals surface area (Å²) in [6.45, 7) is 2.51. The Bertz CT molecular complexity index is 805. The molecule has 2 amide bonds. The maximum absolute atomic E-state index is 13.7. The average Bonchev–Trinajstić information content (AvgIpc) is 2.96. The predicted molar refractivity (Wildman–Crippen MR) is 92.4 cm³/mol. The summed E-state index contributed by atoms with van der Waals surface area (Å²) in [5.41, 5.74) is 2.07. The van der Waals surface area contributed by atoms with Crippen molar-refractivity contribution in [3.8, 4) is 5.75 Å². The molecule has 1 saturated heterocycles. The molecule has 2 aromatic rings. The van der Waals surface area contributed by atoms with Crippen LogP contribution in [0.5, 0.6) is 5.75 Å². The van der Waals surface area contributed by atoms with Crippen LogP contribution in [0.2, 0.25) is 0 Å². The van der Waals surface area contributed by atoms with E-state index in [0.29, 0.717) is 13.0 Å². The van der Waals surface area contributed by atoms with E-state index in [4.69, 9.17) is 4.74 Å². The Kier molecular flexibility index (Phi) is 4.70. The maximum atomic E-state index is 13.7. The lowest BCUT2D eigenvalue weighted by Crippen LogP contribution is -2.41. The van der Waals surface area contributed by atoms with Crippen LogP contribution in [0.3, 0.4) is 0 Å². The molecule has 0 unspecified atom stereocenters. The molecule has 2 aromatic carbocycles. The number of benzene rings is 2. The molecule has 1 atom stereocenters. The van der Waals surface area contributed by atoms with Gasteiger partial charge in [0.1, 0.15) is 6.04 Å². The van der Waals surface area contributed by atoms with E-state index >= 15 is 0 Å². The first kappa shape index (κ1) is 17.0. The summed E-state index contributed by atoms with van der Waals surface area (Å²) in [4.78, 5) is 26.5. The van der Waals surface area contributed by atoms with Crippen LogP contribution in [0.1, 0.15) is 22.3 Å². The van der Waals surface area contributed by atoms with Gasteiger partial charge < -0.3 is 15.0 Å².